The van der Waals surface area contributed by atoms with Gasteiger partial charge in [0.05, 0.1) is 5.69 Å². The summed E-state index contributed by atoms with van der Waals surface area (Å²) in [5.41, 5.74) is 2.03. The van der Waals surface area contributed by atoms with Crippen LogP contribution in [-0.4, -0.2) is 54.1 Å². The first-order valence-electron chi connectivity index (χ1n) is 10.1. The zero-order valence-corrected chi connectivity index (χ0v) is 17.0. The van der Waals surface area contributed by atoms with E-state index in [2.05, 4.69) is 57.7 Å². The van der Waals surface area contributed by atoms with Gasteiger partial charge in [-0.2, -0.15) is 0 Å². The molecule has 2 amide bonds. The second kappa shape index (κ2) is 8.47. The quantitative estimate of drug-likeness (QED) is 0.737. The van der Waals surface area contributed by atoms with Crippen LogP contribution >= 0.6 is 0 Å². The maximum Gasteiger partial charge on any atom is 0.317 e. The maximum absolute atomic E-state index is 11.9. The lowest BCUT2D eigenvalue weighted by molar-refractivity contribution is 0.212. The summed E-state index contributed by atoms with van der Waals surface area (Å²) in [6.07, 6.45) is 4.70. The summed E-state index contributed by atoms with van der Waals surface area (Å²) in [5.74, 6) is 0.759. The second-order valence-corrected chi connectivity index (χ2v) is 7.76. The molecule has 1 fully saturated rings. The molecule has 0 radical (unpaired) electrons. The van der Waals surface area contributed by atoms with Crippen LogP contribution in [-0.2, 0) is 0 Å². The fourth-order valence-electron chi connectivity index (χ4n) is 3.75. The number of urea groups is 1. The molecule has 0 saturated carbocycles. The lowest BCUT2D eigenvalue weighted by Crippen LogP contribution is -2.41. The number of hydrogen-bond acceptors (Lipinski definition) is 4. The van der Waals surface area contributed by atoms with Crippen molar-refractivity contribution in [1.29, 1.82) is 0 Å². The highest BCUT2D eigenvalue weighted by Gasteiger charge is 2.21. The smallest absolute Gasteiger partial charge is 0.317 e. The molecular weight excluding hydrogens is 362 g/mol. The van der Waals surface area contributed by atoms with Crippen molar-refractivity contribution in [1.82, 2.24) is 20.2 Å². The molecule has 29 heavy (non-hydrogen) atoms. The first-order valence-corrected chi connectivity index (χ1v) is 10.1. The molecule has 2 heterocycles. The van der Waals surface area contributed by atoms with E-state index in [0.717, 1.165) is 49.6 Å². The minimum Gasteiger partial charge on any atom is -0.341 e. The van der Waals surface area contributed by atoms with Crippen LogP contribution in [0.3, 0.4) is 0 Å². The summed E-state index contributed by atoms with van der Waals surface area (Å²) in [4.78, 5) is 25.1. The predicted octanol–water partition coefficient (Wildman–Crippen LogP) is 3.93. The Kier molecular flexibility index (Phi) is 5.60. The normalized spacial score (nSPS) is 17.0. The van der Waals surface area contributed by atoms with Crippen LogP contribution in [0.4, 0.5) is 10.7 Å². The van der Waals surface area contributed by atoms with Gasteiger partial charge in [0.25, 0.3) is 0 Å². The highest BCUT2D eigenvalue weighted by atomic mass is 16.2. The van der Waals surface area contributed by atoms with Gasteiger partial charge in [0.1, 0.15) is 0 Å². The van der Waals surface area contributed by atoms with Gasteiger partial charge in [0.15, 0.2) is 0 Å². The van der Waals surface area contributed by atoms with Crippen molar-refractivity contribution in [3.05, 3.63) is 54.7 Å². The average molecular weight is 390 g/mol. The average Bonchev–Trinajstić information content (AvgIpc) is 2.99. The number of fused-ring (bicyclic) bond motifs is 1. The van der Waals surface area contributed by atoms with Gasteiger partial charge >= 0.3 is 6.03 Å². The largest absolute Gasteiger partial charge is 0.341 e. The van der Waals surface area contributed by atoms with Crippen LogP contribution in [0, 0.1) is 0 Å². The summed E-state index contributed by atoms with van der Waals surface area (Å²) < 4.78 is 0. The van der Waals surface area contributed by atoms with Gasteiger partial charge in [-0.25, -0.2) is 14.8 Å². The van der Waals surface area contributed by atoms with Gasteiger partial charge in [0, 0.05) is 45.0 Å². The van der Waals surface area contributed by atoms with Crippen LogP contribution in [0.25, 0.3) is 22.0 Å². The molecule has 1 N–H and O–H groups in total. The topological polar surface area (TPSA) is 61.4 Å². The van der Waals surface area contributed by atoms with Crippen molar-refractivity contribution >= 4 is 22.8 Å². The highest BCUT2D eigenvalue weighted by Crippen LogP contribution is 2.25. The van der Waals surface area contributed by atoms with Crippen molar-refractivity contribution in [3.8, 4) is 11.3 Å². The zero-order chi connectivity index (χ0) is 20.2. The Labute approximate surface area is 171 Å². The molecule has 150 valence electrons. The third-order valence-electron chi connectivity index (χ3n) is 5.43. The van der Waals surface area contributed by atoms with Gasteiger partial charge in [-0.3, -0.25) is 0 Å². The van der Waals surface area contributed by atoms with Gasteiger partial charge in [0.2, 0.25) is 5.95 Å². The SMILES string of the molecule is CN(C)C(=O)NC1CCCN(c2nccc(-c3ccc4ccccc4c3)n2)CC1. The van der Waals surface area contributed by atoms with E-state index in [1.807, 2.05) is 12.3 Å². The van der Waals surface area contributed by atoms with Crippen LogP contribution in [0.5, 0.6) is 0 Å². The molecule has 1 aromatic heterocycles. The molecule has 2 aromatic carbocycles. The third-order valence-corrected chi connectivity index (χ3v) is 5.43. The van der Waals surface area contributed by atoms with E-state index in [0.29, 0.717) is 0 Å². The summed E-state index contributed by atoms with van der Waals surface area (Å²) in [5, 5.41) is 5.54. The summed E-state index contributed by atoms with van der Waals surface area (Å²) in [6.45, 7) is 1.73. The van der Waals surface area contributed by atoms with Crippen molar-refractivity contribution in [2.24, 2.45) is 0 Å². The highest BCUT2D eigenvalue weighted by molar-refractivity contribution is 5.86. The molecule has 4 rings (SSSR count). The van der Waals surface area contributed by atoms with Crippen LogP contribution in [0.1, 0.15) is 19.3 Å². The van der Waals surface area contributed by atoms with E-state index in [9.17, 15) is 4.79 Å². The third kappa shape index (κ3) is 4.47. The number of benzene rings is 2. The predicted molar refractivity (Wildman–Crippen MR) is 117 cm³/mol. The molecule has 1 aliphatic rings. The van der Waals surface area contributed by atoms with E-state index < -0.39 is 0 Å². The Morgan fingerprint density at radius 2 is 1.90 bits per heavy atom. The van der Waals surface area contributed by atoms with Crippen LogP contribution in [0.15, 0.2) is 54.7 Å². The van der Waals surface area contributed by atoms with E-state index >= 15 is 0 Å². The Morgan fingerprint density at radius 1 is 1.07 bits per heavy atom. The second-order valence-electron chi connectivity index (χ2n) is 7.76. The van der Waals surface area contributed by atoms with Crippen LogP contribution in [0.2, 0.25) is 0 Å². The summed E-state index contributed by atoms with van der Waals surface area (Å²) >= 11 is 0. The number of amides is 2. The van der Waals surface area contributed by atoms with E-state index in [4.69, 9.17) is 4.98 Å². The minimum atomic E-state index is -0.0296. The Hall–Kier alpha value is -3.15. The number of nitrogens with zero attached hydrogens (tertiary/aromatic N) is 4. The van der Waals surface area contributed by atoms with Gasteiger partial charge in [-0.1, -0.05) is 36.4 Å². The molecule has 0 spiro atoms. The van der Waals surface area contributed by atoms with Crippen molar-refractivity contribution < 1.29 is 4.79 Å². The first-order chi connectivity index (χ1) is 14.1. The van der Waals surface area contributed by atoms with Gasteiger partial charge in [-0.05, 0) is 42.2 Å². The molecule has 0 aliphatic carbocycles. The number of aromatic nitrogens is 2. The van der Waals surface area contributed by atoms with Gasteiger partial charge < -0.3 is 15.1 Å². The fraction of sp³-hybridized carbons (Fsp3) is 0.348. The lowest BCUT2D eigenvalue weighted by Gasteiger charge is -2.22. The summed E-state index contributed by atoms with van der Waals surface area (Å²) in [7, 11) is 3.54. The fourth-order valence-corrected chi connectivity index (χ4v) is 3.75. The number of nitrogens with one attached hydrogen (secondary N) is 1. The van der Waals surface area contributed by atoms with Crippen molar-refractivity contribution in [2.45, 2.75) is 25.3 Å². The summed E-state index contributed by atoms with van der Waals surface area (Å²) in [6, 6.07) is 16.9. The number of anilines is 1. The van der Waals surface area contributed by atoms with E-state index in [1.165, 1.54) is 10.8 Å². The number of carbonyl (C=O) groups is 1. The van der Waals surface area contributed by atoms with E-state index in [1.54, 1.807) is 19.0 Å². The van der Waals surface area contributed by atoms with Crippen molar-refractivity contribution in [3.63, 3.8) is 0 Å². The van der Waals surface area contributed by atoms with Crippen LogP contribution < -0.4 is 10.2 Å². The minimum absolute atomic E-state index is 0.0296. The molecule has 3 aromatic rings. The lowest BCUT2D eigenvalue weighted by atomic mass is 10.1. The standard InChI is InChI=1S/C23H27N5O/c1-27(2)23(29)25-20-8-5-14-28(15-12-20)22-24-13-11-21(26-22)19-10-9-17-6-3-4-7-18(17)16-19/h3-4,6-7,9-11,13,16,20H,5,8,12,14-15H2,1-2H3,(H,25,29). The molecule has 1 atom stereocenters. The number of carbonyl (C=O) groups excluding carboxylic acids is 1. The Bertz CT molecular complexity index is 1000. The number of rotatable bonds is 3. The van der Waals surface area contributed by atoms with Crippen molar-refractivity contribution in [2.75, 3.05) is 32.1 Å². The molecule has 6 heteroatoms. The first kappa shape index (κ1) is 19.2. The monoisotopic (exact) mass is 389 g/mol. The number of hydrogen-bond donors (Lipinski definition) is 1. The van der Waals surface area contributed by atoms with E-state index in [-0.39, 0.29) is 12.1 Å². The molecular formula is C23H27N5O. The molecule has 1 aliphatic heterocycles. The zero-order valence-electron chi connectivity index (χ0n) is 17.0. The maximum atomic E-state index is 11.9. The Balaban J connectivity index is 1.50. The molecule has 0 bridgehead atoms. The Morgan fingerprint density at radius 3 is 2.72 bits per heavy atom. The molecule has 6 nitrogen and oxygen atoms in total. The molecule has 1 saturated heterocycles. The van der Waals surface area contributed by atoms with Gasteiger partial charge in [-0.15, -0.1) is 0 Å². The molecule has 1 unspecified atom stereocenters.